The fourth-order valence-electron chi connectivity index (χ4n) is 3.40. The Morgan fingerprint density at radius 3 is 1.85 bits per heavy atom. The van der Waals surface area contributed by atoms with Crippen LogP contribution in [0.1, 0.15) is 41.5 Å². The van der Waals surface area contributed by atoms with E-state index in [-0.39, 0.29) is 0 Å². The molecule has 0 aromatic carbocycles. The molecule has 0 bridgehead atoms. The Morgan fingerprint density at radius 2 is 1.50 bits per heavy atom. The first kappa shape index (κ1) is 17.0. The molecule has 20 heavy (non-hydrogen) atoms. The van der Waals surface area contributed by atoms with E-state index in [0.717, 1.165) is 17.3 Å². The quantitative estimate of drug-likeness (QED) is 0.549. The van der Waals surface area contributed by atoms with Crippen LogP contribution in [0.5, 0.6) is 0 Å². The second kappa shape index (κ2) is 6.62. The van der Waals surface area contributed by atoms with Crippen LogP contribution in [0.15, 0.2) is 48.8 Å². The number of hydrogen-bond acceptors (Lipinski definition) is 1. The van der Waals surface area contributed by atoms with Crippen LogP contribution < -0.4 is 0 Å². The Bertz CT molecular complexity index is 405. The van der Waals surface area contributed by atoms with Gasteiger partial charge in [-0.25, -0.2) is 0 Å². The molecule has 0 heterocycles. The Hall–Kier alpha value is -1.02. The van der Waals surface area contributed by atoms with Gasteiger partial charge in [-0.05, 0) is 34.3 Å². The van der Waals surface area contributed by atoms with Crippen molar-refractivity contribution < 1.29 is 4.43 Å². The van der Waals surface area contributed by atoms with Crippen LogP contribution in [-0.2, 0) is 4.43 Å². The molecule has 0 aromatic heterocycles. The second-order valence-electron chi connectivity index (χ2n) is 6.48. The van der Waals surface area contributed by atoms with E-state index in [0.29, 0.717) is 16.6 Å². The molecule has 111 valence electrons. The van der Waals surface area contributed by atoms with Crippen LogP contribution in [-0.4, -0.2) is 8.32 Å². The molecule has 0 unspecified atom stereocenters. The minimum absolute atomic E-state index is 0.579. The van der Waals surface area contributed by atoms with E-state index in [4.69, 9.17) is 4.43 Å². The van der Waals surface area contributed by atoms with E-state index in [1.165, 1.54) is 0 Å². The van der Waals surface area contributed by atoms with E-state index in [1.807, 2.05) is 18.2 Å². The molecular weight excluding hydrogens is 260 g/mol. The van der Waals surface area contributed by atoms with Crippen molar-refractivity contribution in [3.8, 4) is 0 Å². The zero-order valence-corrected chi connectivity index (χ0v) is 14.9. The summed E-state index contributed by atoms with van der Waals surface area (Å²) in [5.41, 5.74) is 2.72. The van der Waals surface area contributed by atoms with Gasteiger partial charge in [0.15, 0.2) is 0 Å². The molecule has 0 saturated carbocycles. The summed E-state index contributed by atoms with van der Waals surface area (Å²) in [5, 5.41) is 0. The van der Waals surface area contributed by atoms with Gasteiger partial charge in [0.05, 0.1) is 0 Å². The van der Waals surface area contributed by atoms with Crippen molar-refractivity contribution in [3.63, 3.8) is 0 Å². The van der Waals surface area contributed by atoms with Crippen molar-refractivity contribution in [1.29, 1.82) is 0 Å². The maximum Gasteiger partial charge on any atom is 0.258 e. The first-order valence-corrected chi connectivity index (χ1v) is 9.67. The van der Waals surface area contributed by atoms with Crippen molar-refractivity contribution in [2.75, 3.05) is 0 Å². The number of hydrogen-bond donors (Lipinski definition) is 0. The van der Waals surface area contributed by atoms with Crippen LogP contribution in [0.2, 0.25) is 16.6 Å². The lowest BCUT2D eigenvalue weighted by molar-refractivity contribution is 0.385. The molecule has 1 rings (SSSR count). The minimum Gasteiger partial charge on any atom is -0.543 e. The van der Waals surface area contributed by atoms with E-state index >= 15 is 0 Å². The van der Waals surface area contributed by atoms with Gasteiger partial charge in [-0.1, -0.05) is 60.3 Å². The average Bonchev–Trinajstić information content (AvgIpc) is 2.34. The van der Waals surface area contributed by atoms with Crippen LogP contribution in [0, 0.1) is 5.92 Å². The van der Waals surface area contributed by atoms with Gasteiger partial charge in [0.1, 0.15) is 5.76 Å². The molecule has 0 aliphatic heterocycles. The standard InChI is InChI=1S/C18H29OSi/c1-9-17-10-11-18(12-16(17)8)19-20(13(2)3,14(4)5)15(6)7/h9-15H,1,8H2,2-7H3. The normalized spacial score (nSPS) is 17.1. The molecule has 1 aliphatic carbocycles. The monoisotopic (exact) mass is 289 g/mol. The fourth-order valence-corrected chi connectivity index (χ4v) is 8.64. The van der Waals surface area contributed by atoms with Gasteiger partial charge in [0.2, 0.25) is 0 Å². The molecule has 0 amide bonds. The molecule has 1 radical (unpaired) electrons. The summed E-state index contributed by atoms with van der Waals surface area (Å²) in [6, 6.07) is 0. The Morgan fingerprint density at radius 1 is 1.00 bits per heavy atom. The van der Waals surface area contributed by atoms with Crippen molar-refractivity contribution in [1.82, 2.24) is 0 Å². The number of allylic oxidation sites excluding steroid dienone is 5. The topological polar surface area (TPSA) is 9.23 Å². The van der Waals surface area contributed by atoms with E-state index < -0.39 is 8.32 Å². The maximum atomic E-state index is 6.63. The van der Waals surface area contributed by atoms with Gasteiger partial charge in [0.25, 0.3) is 8.32 Å². The first-order chi connectivity index (χ1) is 9.25. The summed E-state index contributed by atoms with van der Waals surface area (Å²) in [6.07, 6.45) is 7.99. The molecule has 0 saturated heterocycles. The third-order valence-electron chi connectivity index (χ3n) is 4.34. The molecular formula is C18H29OSi. The number of rotatable bonds is 6. The third kappa shape index (κ3) is 3.17. The summed E-state index contributed by atoms with van der Waals surface area (Å²) in [7, 11) is -1.87. The van der Waals surface area contributed by atoms with Gasteiger partial charge in [0, 0.05) is 5.92 Å². The summed E-state index contributed by atoms with van der Waals surface area (Å²) in [4.78, 5) is 0. The summed E-state index contributed by atoms with van der Waals surface area (Å²) >= 11 is 0. The summed E-state index contributed by atoms with van der Waals surface area (Å²) < 4.78 is 6.63. The molecule has 0 atom stereocenters. The van der Waals surface area contributed by atoms with E-state index in [1.54, 1.807) is 0 Å². The van der Waals surface area contributed by atoms with Crippen LogP contribution >= 0.6 is 0 Å². The maximum absolute atomic E-state index is 6.63. The van der Waals surface area contributed by atoms with Crippen LogP contribution in [0.4, 0.5) is 0 Å². The first-order valence-electron chi connectivity index (χ1n) is 7.53. The highest BCUT2D eigenvalue weighted by molar-refractivity contribution is 6.77. The molecule has 1 aliphatic rings. The molecule has 2 heteroatoms. The Labute approximate surface area is 126 Å². The highest BCUT2D eigenvalue weighted by Gasteiger charge is 2.47. The average molecular weight is 290 g/mol. The molecule has 0 N–H and O–H groups in total. The predicted octanol–water partition coefficient (Wildman–Crippen LogP) is 5.95. The van der Waals surface area contributed by atoms with E-state index in [9.17, 15) is 0 Å². The largest absolute Gasteiger partial charge is 0.543 e. The van der Waals surface area contributed by atoms with Gasteiger partial charge in [-0.3, -0.25) is 0 Å². The SMILES string of the molecule is C=C[C]1C=CC(O[Si](C(C)C)(C(C)C)C(C)C)=CC1=C. The lowest BCUT2D eigenvalue weighted by atomic mass is 9.96. The third-order valence-corrected chi connectivity index (χ3v) is 10.3. The zero-order chi connectivity index (χ0) is 15.5. The molecule has 0 aromatic rings. The van der Waals surface area contributed by atoms with Crippen molar-refractivity contribution in [3.05, 3.63) is 54.7 Å². The molecule has 0 spiro atoms. The molecule has 1 nitrogen and oxygen atoms in total. The van der Waals surface area contributed by atoms with Gasteiger partial charge < -0.3 is 4.43 Å². The fraction of sp³-hybridized carbons (Fsp3) is 0.500. The van der Waals surface area contributed by atoms with Crippen molar-refractivity contribution >= 4 is 8.32 Å². The second-order valence-corrected chi connectivity index (χ2v) is 11.9. The van der Waals surface area contributed by atoms with Gasteiger partial charge in [-0.15, -0.1) is 6.58 Å². The Balaban J connectivity index is 3.07. The summed E-state index contributed by atoms with van der Waals surface area (Å²) in [6.45, 7) is 21.7. The smallest absolute Gasteiger partial charge is 0.258 e. The highest BCUT2D eigenvalue weighted by Crippen LogP contribution is 2.44. The van der Waals surface area contributed by atoms with Crippen LogP contribution in [0.25, 0.3) is 0 Å². The lowest BCUT2D eigenvalue weighted by Crippen LogP contribution is -2.47. The minimum atomic E-state index is -1.87. The van der Waals surface area contributed by atoms with E-state index in [2.05, 4.69) is 60.8 Å². The lowest BCUT2D eigenvalue weighted by Gasteiger charge is -2.43. The summed E-state index contributed by atoms with van der Waals surface area (Å²) in [5.74, 6) is 2.03. The van der Waals surface area contributed by atoms with Gasteiger partial charge >= 0.3 is 0 Å². The predicted molar refractivity (Wildman–Crippen MR) is 91.9 cm³/mol. The van der Waals surface area contributed by atoms with Crippen molar-refractivity contribution in [2.45, 2.75) is 58.2 Å². The Kier molecular flexibility index (Phi) is 5.64. The molecule has 0 fully saturated rings. The van der Waals surface area contributed by atoms with Crippen molar-refractivity contribution in [2.24, 2.45) is 0 Å². The highest BCUT2D eigenvalue weighted by atomic mass is 28.4. The van der Waals surface area contributed by atoms with Gasteiger partial charge in [-0.2, -0.15) is 0 Å². The zero-order valence-electron chi connectivity index (χ0n) is 13.9. The van der Waals surface area contributed by atoms with Crippen LogP contribution in [0.3, 0.4) is 0 Å².